The van der Waals surface area contributed by atoms with Crippen molar-refractivity contribution < 1.29 is 9.90 Å². The Kier molecular flexibility index (Phi) is 5.26. The first kappa shape index (κ1) is 13.5. The van der Waals surface area contributed by atoms with E-state index in [1.807, 2.05) is 0 Å². The topological polar surface area (TPSA) is 40.5 Å². The fourth-order valence-electron chi connectivity index (χ4n) is 2.60. The van der Waals surface area contributed by atoms with E-state index in [1.165, 1.54) is 25.7 Å². The normalized spacial score (nSPS) is 26.3. The van der Waals surface area contributed by atoms with E-state index >= 15 is 0 Å². The van der Waals surface area contributed by atoms with Crippen molar-refractivity contribution in [1.29, 1.82) is 0 Å². The monoisotopic (exact) mass is 227 g/mol. The molecule has 0 aliphatic heterocycles. The van der Waals surface area contributed by atoms with Crippen LogP contribution in [-0.2, 0) is 4.79 Å². The van der Waals surface area contributed by atoms with E-state index in [0.717, 1.165) is 12.5 Å². The highest BCUT2D eigenvalue weighted by Gasteiger charge is 2.25. The number of rotatable bonds is 5. The SMILES string of the molecule is CC1CCCCC1CN(CC(=O)O)C(C)C. The number of carboxylic acids is 1. The number of hydrogen-bond acceptors (Lipinski definition) is 2. The summed E-state index contributed by atoms with van der Waals surface area (Å²) in [6.07, 6.45) is 5.24. The lowest BCUT2D eigenvalue weighted by molar-refractivity contribution is -0.139. The van der Waals surface area contributed by atoms with Crippen LogP contribution in [0.1, 0.15) is 46.5 Å². The lowest BCUT2D eigenvalue weighted by atomic mass is 9.80. The molecule has 1 aliphatic carbocycles. The summed E-state index contributed by atoms with van der Waals surface area (Å²) in [4.78, 5) is 12.9. The largest absolute Gasteiger partial charge is 0.480 e. The van der Waals surface area contributed by atoms with E-state index in [1.54, 1.807) is 0 Å². The number of hydrogen-bond donors (Lipinski definition) is 1. The Hall–Kier alpha value is -0.570. The van der Waals surface area contributed by atoms with E-state index in [-0.39, 0.29) is 6.54 Å². The Morgan fingerprint density at radius 2 is 2.00 bits per heavy atom. The molecular formula is C13H25NO2. The zero-order valence-corrected chi connectivity index (χ0v) is 10.8. The number of carbonyl (C=O) groups is 1. The predicted molar refractivity (Wildman–Crippen MR) is 65.5 cm³/mol. The third kappa shape index (κ3) is 4.12. The first-order valence-corrected chi connectivity index (χ1v) is 6.46. The number of nitrogens with zero attached hydrogens (tertiary/aromatic N) is 1. The van der Waals surface area contributed by atoms with E-state index in [4.69, 9.17) is 5.11 Å². The van der Waals surface area contributed by atoms with Crippen molar-refractivity contribution in [1.82, 2.24) is 4.90 Å². The fourth-order valence-corrected chi connectivity index (χ4v) is 2.60. The zero-order valence-electron chi connectivity index (χ0n) is 10.8. The van der Waals surface area contributed by atoms with Crippen LogP contribution in [-0.4, -0.2) is 35.1 Å². The molecule has 94 valence electrons. The van der Waals surface area contributed by atoms with Crippen LogP contribution in [0.25, 0.3) is 0 Å². The Morgan fingerprint density at radius 1 is 1.38 bits per heavy atom. The molecule has 3 nitrogen and oxygen atoms in total. The molecule has 0 saturated heterocycles. The summed E-state index contributed by atoms with van der Waals surface area (Å²) < 4.78 is 0. The maximum atomic E-state index is 10.8. The van der Waals surface area contributed by atoms with Gasteiger partial charge in [0.15, 0.2) is 0 Å². The van der Waals surface area contributed by atoms with Gasteiger partial charge in [-0.15, -0.1) is 0 Å². The van der Waals surface area contributed by atoms with Crippen molar-refractivity contribution in [2.75, 3.05) is 13.1 Å². The molecule has 0 aromatic heterocycles. The standard InChI is InChI=1S/C13H25NO2/c1-10(2)14(9-13(15)16)8-12-7-5-4-6-11(12)3/h10-12H,4-9H2,1-3H3,(H,15,16). The van der Waals surface area contributed by atoms with Crippen LogP contribution in [0.5, 0.6) is 0 Å². The molecule has 0 bridgehead atoms. The van der Waals surface area contributed by atoms with Gasteiger partial charge in [0.2, 0.25) is 0 Å². The van der Waals surface area contributed by atoms with Crippen LogP contribution in [0.15, 0.2) is 0 Å². The van der Waals surface area contributed by atoms with Gasteiger partial charge in [-0.2, -0.15) is 0 Å². The second-order valence-electron chi connectivity index (χ2n) is 5.44. The molecule has 0 amide bonds. The van der Waals surface area contributed by atoms with Crippen LogP contribution in [0, 0.1) is 11.8 Å². The highest BCUT2D eigenvalue weighted by Crippen LogP contribution is 2.30. The van der Waals surface area contributed by atoms with E-state index < -0.39 is 5.97 Å². The third-order valence-corrected chi connectivity index (χ3v) is 3.83. The van der Waals surface area contributed by atoms with Crippen LogP contribution in [0.4, 0.5) is 0 Å². The maximum Gasteiger partial charge on any atom is 0.317 e. The van der Waals surface area contributed by atoms with Crippen LogP contribution < -0.4 is 0 Å². The summed E-state index contributed by atoms with van der Waals surface area (Å²) in [5, 5.41) is 8.89. The highest BCUT2D eigenvalue weighted by atomic mass is 16.4. The molecule has 2 atom stereocenters. The lowest BCUT2D eigenvalue weighted by Crippen LogP contribution is -2.41. The minimum Gasteiger partial charge on any atom is -0.480 e. The van der Waals surface area contributed by atoms with E-state index in [2.05, 4.69) is 25.7 Å². The zero-order chi connectivity index (χ0) is 12.1. The summed E-state index contributed by atoms with van der Waals surface area (Å²) in [7, 11) is 0. The molecule has 1 aliphatic rings. The molecule has 1 fully saturated rings. The van der Waals surface area contributed by atoms with Crippen molar-refractivity contribution in [3.63, 3.8) is 0 Å². The average Bonchev–Trinajstić information content (AvgIpc) is 2.19. The molecule has 2 unspecified atom stereocenters. The van der Waals surface area contributed by atoms with Gasteiger partial charge in [0.05, 0.1) is 6.54 Å². The van der Waals surface area contributed by atoms with Crippen molar-refractivity contribution in [3.05, 3.63) is 0 Å². The molecule has 16 heavy (non-hydrogen) atoms. The molecule has 3 heteroatoms. The van der Waals surface area contributed by atoms with Crippen LogP contribution in [0.3, 0.4) is 0 Å². The summed E-state index contributed by atoms with van der Waals surface area (Å²) in [5.74, 6) is 0.733. The van der Waals surface area contributed by atoms with Crippen LogP contribution >= 0.6 is 0 Å². The maximum absolute atomic E-state index is 10.8. The van der Waals surface area contributed by atoms with Crippen molar-refractivity contribution in [3.8, 4) is 0 Å². The van der Waals surface area contributed by atoms with Crippen molar-refractivity contribution in [2.45, 2.75) is 52.5 Å². The van der Waals surface area contributed by atoms with Gasteiger partial charge in [0.1, 0.15) is 0 Å². The van der Waals surface area contributed by atoms with Crippen LogP contribution in [0.2, 0.25) is 0 Å². The van der Waals surface area contributed by atoms with Gasteiger partial charge in [0.25, 0.3) is 0 Å². The number of aliphatic carboxylic acids is 1. The number of carboxylic acid groups (broad SMARTS) is 1. The second kappa shape index (κ2) is 6.24. The van der Waals surface area contributed by atoms with Gasteiger partial charge < -0.3 is 5.11 Å². The summed E-state index contributed by atoms with van der Waals surface area (Å²) in [6, 6.07) is 0.324. The van der Waals surface area contributed by atoms with Crippen molar-refractivity contribution in [2.24, 2.45) is 11.8 Å². The van der Waals surface area contributed by atoms with Gasteiger partial charge in [0, 0.05) is 12.6 Å². The molecule has 0 radical (unpaired) electrons. The molecule has 0 spiro atoms. The first-order valence-electron chi connectivity index (χ1n) is 6.46. The molecule has 0 heterocycles. The highest BCUT2D eigenvalue weighted by molar-refractivity contribution is 5.69. The van der Waals surface area contributed by atoms with Gasteiger partial charge in [-0.1, -0.05) is 26.2 Å². The Labute approximate surface area is 98.8 Å². The molecule has 0 aromatic rings. The fraction of sp³-hybridized carbons (Fsp3) is 0.923. The summed E-state index contributed by atoms with van der Waals surface area (Å²) in [6.45, 7) is 7.60. The molecule has 1 saturated carbocycles. The predicted octanol–water partition coefficient (Wildman–Crippen LogP) is 2.61. The molecule has 0 aromatic carbocycles. The summed E-state index contributed by atoms with van der Waals surface area (Å²) >= 11 is 0. The Morgan fingerprint density at radius 3 is 2.50 bits per heavy atom. The summed E-state index contributed by atoms with van der Waals surface area (Å²) in [5.41, 5.74) is 0. The van der Waals surface area contributed by atoms with E-state index in [0.29, 0.717) is 12.0 Å². The first-order chi connectivity index (χ1) is 7.50. The van der Waals surface area contributed by atoms with Gasteiger partial charge in [-0.05, 0) is 32.1 Å². The molecular weight excluding hydrogens is 202 g/mol. The van der Waals surface area contributed by atoms with Gasteiger partial charge >= 0.3 is 5.97 Å². The van der Waals surface area contributed by atoms with Gasteiger partial charge in [-0.25, -0.2) is 0 Å². The smallest absolute Gasteiger partial charge is 0.317 e. The van der Waals surface area contributed by atoms with Crippen molar-refractivity contribution >= 4 is 5.97 Å². The second-order valence-corrected chi connectivity index (χ2v) is 5.44. The van der Waals surface area contributed by atoms with Gasteiger partial charge in [-0.3, -0.25) is 9.69 Å². The quantitative estimate of drug-likeness (QED) is 0.785. The third-order valence-electron chi connectivity index (χ3n) is 3.83. The Balaban J connectivity index is 2.49. The van der Waals surface area contributed by atoms with E-state index in [9.17, 15) is 4.79 Å². The minimum atomic E-state index is -0.711. The minimum absolute atomic E-state index is 0.181. The molecule has 1 rings (SSSR count). The molecule has 1 N–H and O–H groups in total. The average molecular weight is 227 g/mol. The lowest BCUT2D eigenvalue weighted by Gasteiger charge is -2.35. The Bertz CT molecular complexity index is 228.